The highest BCUT2D eigenvalue weighted by Gasteiger charge is 2.39. The zero-order valence-corrected chi connectivity index (χ0v) is 15.4. The summed E-state index contributed by atoms with van der Waals surface area (Å²) in [5.41, 5.74) is 8.94. The van der Waals surface area contributed by atoms with Gasteiger partial charge in [-0.2, -0.15) is 0 Å². The van der Waals surface area contributed by atoms with Crippen molar-refractivity contribution in [3.8, 4) is 0 Å². The van der Waals surface area contributed by atoms with E-state index in [1.54, 1.807) is 4.90 Å². The Hall–Kier alpha value is -2.25. The molecule has 1 aliphatic carbocycles. The number of fused-ring (bicyclic) bond motifs is 1. The normalized spacial score (nSPS) is 28.3. The molecule has 0 spiro atoms. The van der Waals surface area contributed by atoms with Gasteiger partial charge in [0.15, 0.2) is 0 Å². The summed E-state index contributed by atoms with van der Waals surface area (Å²) in [4.78, 5) is 38.0. The zero-order valence-electron chi connectivity index (χ0n) is 15.4. The molecule has 27 heavy (non-hydrogen) atoms. The van der Waals surface area contributed by atoms with Gasteiger partial charge in [-0.3, -0.25) is 19.7 Å². The van der Waals surface area contributed by atoms with Gasteiger partial charge in [-0.15, -0.1) is 0 Å². The van der Waals surface area contributed by atoms with Crippen LogP contribution >= 0.6 is 0 Å². The lowest BCUT2D eigenvalue weighted by Crippen LogP contribution is -2.52. The average molecular weight is 370 g/mol. The van der Waals surface area contributed by atoms with Crippen molar-refractivity contribution in [2.24, 2.45) is 5.73 Å². The first-order chi connectivity index (χ1) is 13.0. The van der Waals surface area contributed by atoms with Crippen LogP contribution in [0.1, 0.15) is 60.0 Å². The van der Waals surface area contributed by atoms with Crippen LogP contribution in [0.25, 0.3) is 0 Å². The Morgan fingerprint density at radius 1 is 1.15 bits per heavy atom. The standard InChI is InChI=1S/C20H26N4O3/c21-15-6-1-2-7-16(15)22-10-12-4-3-5-13-14(12)11-24(20(13)27)17-8-9-18(25)23-19(17)26/h3-5,15-17,22H,1-2,6-11,21H2,(H,23,25,26)/t15-,16+,17?/m1/s1. The fourth-order valence-corrected chi connectivity index (χ4v) is 4.47. The molecule has 1 saturated heterocycles. The van der Waals surface area contributed by atoms with Gasteiger partial charge in [0, 0.05) is 37.2 Å². The van der Waals surface area contributed by atoms with Gasteiger partial charge in [0.25, 0.3) is 5.91 Å². The average Bonchev–Trinajstić information content (AvgIpc) is 2.98. The zero-order chi connectivity index (χ0) is 19.0. The first-order valence-electron chi connectivity index (χ1n) is 9.79. The second kappa shape index (κ2) is 7.40. The molecular formula is C20H26N4O3. The van der Waals surface area contributed by atoms with Gasteiger partial charge < -0.3 is 16.0 Å². The molecule has 7 heteroatoms. The molecule has 1 aromatic rings. The maximum atomic E-state index is 12.9. The van der Waals surface area contributed by atoms with Crippen molar-refractivity contribution in [2.75, 3.05) is 0 Å². The van der Waals surface area contributed by atoms with Crippen LogP contribution in [0.2, 0.25) is 0 Å². The fraction of sp³-hybridized carbons (Fsp3) is 0.550. The van der Waals surface area contributed by atoms with Crippen molar-refractivity contribution in [1.82, 2.24) is 15.5 Å². The van der Waals surface area contributed by atoms with E-state index in [4.69, 9.17) is 5.73 Å². The molecule has 1 unspecified atom stereocenters. The van der Waals surface area contributed by atoms with Crippen LogP contribution in [0.3, 0.4) is 0 Å². The highest BCUT2D eigenvalue weighted by molar-refractivity contribution is 6.05. The van der Waals surface area contributed by atoms with E-state index in [1.807, 2.05) is 18.2 Å². The molecule has 144 valence electrons. The third-order valence-corrected chi connectivity index (χ3v) is 6.05. The van der Waals surface area contributed by atoms with Gasteiger partial charge in [-0.25, -0.2) is 0 Å². The minimum Gasteiger partial charge on any atom is -0.326 e. The molecule has 1 saturated carbocycles. The molecule has 4 rings (SSSR count). The molecule has 0 aromatic heterocycles. The number of hydrogen-bond acceptors (Lipinski definition) is 5. The van der Waals surface area contributed by atoms with Crippen LogP contribution in [0.4, 0.5) is 0 Å². The Bertz CT molecular complexity index is 778. The summed E-state index contributed by atoms with van der Waals surface area (Å²) in [6, 6.07) is 5.65. The Balaban J connectivity index is 1.49. The van der Waals surface area contributed by atoms with Gasteiger partial charge in [0.2, 0.25) is 11.8 Å². The van der Waals surface area contributed by atoms with Crippen molar-refractivity contribution < 1.29 is 14.4 Å². The number of carbonyl (C=O) groups is 3. The van der Waals surface area contributed by atoms with Crippen LogP contribution in [-0.2, 0) is 22.7 Å². The molecule has 3 aliphatic rings. The van der Waals surface area contributed by atoms with Gasteiger partial charge in [-0.1, -0.05) is 25.0 Å². The van der Waals surface area contributed by atoms with Gasteiger partial charge >= 0.3 is 0 Å². The first-order valence-corrected chi connectivity index (χ1v) is 9.79. The SMILES string of the molecule is N[C@@H]1CCCC[C@@H]1NCc1cccc2c1CN(C1CCC(=O)NC1=O)C2=O. The smallest absolute Gasteiger partial charge is 0.255 e. The van der Waals surface area contributed by atoms with Gasteiger partial charge in [-0.05, 0) is 36.5 Å². The molecular weight excluding hydrogens is 344 g/mol. The van der Waals surface area contributed by atoms with Crippen molar-refractivity contribution >= 4 is 17.7 Å². The molecule has 2 heterocycles. The Kier molecular flexibility index (Phi) is 4.97. The van der Waals surface area contributed by atoms with Gasteiger partial charge in [0.1, 0.15) is 6.04 Å². The van der Waals surface area contributed by atoms with Crippen molar-refractivity contribution in [3.05, 3.63) is 34.9 Å². The first kappa shape index (κ1) is 18.1. The number of imide groups is 1. The van der Waals surface area contributed by atoms with E-state index < -0.39 is 6.04 Å². The van der Waals surface area contributed by atoms with Crippen LogP contribution in [-0.4, -0.2) is 40.7 Å². The lowest BCUT2D eigenvalue weighted by molar-refractivity contribution is -0.136. The monoisotopic (exact) mass is 370 g/mol. The largest absolute Gasteiger partial charge is 0.326 e. The maximum Gasteiger partial charge on any atom is 0.255 e. The molecule has 2 fully saturated rings. The lowest BCUT2D eigenvalue weighted by atomic mass is 9.90. The van der Waals surface area contributed by atoms with Gasteiger partial charge in [0.05, 0.1) is 0 Å². The van der Waals surface area contributed by atoms with E-state index in [9.17, 15) is 14.4 Å². The highest BCUT2D eigenvalue weighted by Crippen LogP contribution is 2.30. The second-order valence-electron chi connectivity index (χ2n) is 7.78. The van der Waals surface area contributed by atoms with Crippen LogP contribution in [0, 0.1) is 0 Å². The number of rotatable bonds is 4. The number of nitrogens with two attached hydrogens (primary N) is 1. The summed E-state index contributed by atoms with van der Waals surface area (Å²) in [6.07, 6.45) is 5.17. The number of carbonyl (C=O) groups excluding carboxylic acids is 3. The van der Waals surface area contributed by atoms with Crippen molar-refractivity contribution in [3.63, 3.8) is 0 Å². The lowest BCUT2D eigenvalue weighted by Gasteiger charge is -2.30. The Labute approximate surface area is 158 Å². The third kappa shape index (κ3) is 3.49. The number of amides is 3. The number of piperidine rings is 1. The Morgan fingerprint density at radius 3 is 2.74 bits per heavy atom. The highest BCUT2D eigenvalue weighted by atomic mass is 16.2. The Morgan fingerprint density at radius 2 is 1.96 bits per heavy atom. The molecule has 0 radical (unpaired) electrons. The van der Waals surface area contributed by atoms with Crippen LogP contribution < -0.4 is 16.4 Å². The predicted octanol–water partition coefficient (Wildman–Crippen LogP) is 0.807. The fourth-order valence-electron chi connectivity index (χ4n) is 4.47. The number of nitrogens with zero attached hydrogens (tertiary/aromatic N) is 1. The van der Waals surface area contributed by atoms with Crippen LogP contribution in [0.5, 0.6) is 0 Å². The molecule has 2 aliphatic heterocycles. The number of benzene rings is 1. The number of nitrogens with one attached hydrogen (secondary N) is 2. The third-order valence-electron chi connectivity index (χ3n) is 6.05. The van der Waals surface area contributed by atoms with Crippen LogP contribution in [0.15, 0.2) is 18.2 Å². The molecule has 0 bridgehead atoms. The molecule has 7 nitrogen and oxygen atoms in total. The topological polar surface area (TPSA) is 105 Å². The maximum absolute atomic E-state index is 12.9. The molecule has 1 aromatic carbocycles. The van der Waals surface area contributed by atoms with E-state index in [2.05, 4.69) is 10.6 Å². The summed E-state index contributed by atoms with van der Waals surface area (Å²) in [5, 5.41) is 5.91. The summed E-state index contributed by atoms with van der Waals surface area (Å²) in [7, 11) is 0. The second-order valence-corrected chi connectivity index (χ2v) is 7.78. The summed E-state index contributed by atoms with van der Waals surface area (Å²) in [5.74, 6) is -0.773. The van der Waals surface area contributed by atoms with E-state index in [0.29, 0.717) is 31.1 Å². The summed E-state index contributed by atoms with van der Waals surface area (Å²) in [6.45, 7) is 1.08. The molecule has 4 N–H and O–H groups in total. The van der Waals surface area contributed by atoms with E-state index >= 15 is 0 Å². The van der Waals surface area contributed by atoms with E-state index in [-0.39, 0.29) is 30.2 Å². The van der Waals surface area contributed by atoms with E-state index in [0.717, 1.165) is 24.0 Å². The van der Waals surface area contributed by atoms with Crippen molar-refractivity contribution in [1.29, 1.82) is 0 Å². The quantitative estimate of drug-likeness (QED) is 0.680. The minimum atomic E-state index is -0.574. The summed E-state index contributed by atoms with van der Waals surface area (Å²) >= 11 is 0. The van der Waals surface area contributed by atoms with Crippen molar-refractivity contribution in [2.45, 2.75) is 69.7 Å². The minimum absolute atomic E-state index is 0.129. The number of hydrogen-bond donors (Lipinski definition) is 3. The predicted molar refractivity (Wildman–Crippen MR) is 99.6 cm³/mol. The molecule has 3 atom stereocenters. The molecule has 3 amide bonds. The van der Waals surface area contributed by atoms with E-state index in [1.165, 1.54) is 12.8 Å². The summed E-state index contributed by atoms with van der Waals surface area (Å²) < 4.78 is 0.